The van der Waals surface area contributed by atoms with Gasteiger partial charge in [-0.3, -0.25) is 19.4 Å². The zero-order valence-electron chi connectivity index (χ0n) is 20.0. The number of carbonyl (C=O) groups excluding carboxylic acids is 4. The fourth-order valence-electron chi connectivity index (χ4n) is 7.04. The van der Waals surface area contributed by atoms with Gasteiger partial charge in [0, 0.05) is 54.8 Å². The molecule has 0 radical (unpaired) electrons. The number of imide groups is 2. The molecule has 35 heavy (non-hydrogen) atoms. The fraction of sp³-hybridized carbons (Fsp3) is 0.520. The van der Waals surface area contributed by atoms with Crippen molar-refractivity contribution >= 4 is 50.7 Å². The van der Waals surface area contributed by atoms with Crippen LogP contribution in [-0.4, -0.2) is 86.8 Å². The highest BCUT2D eigenvalue weighted by Crippen LogP contribution is 2.65. The molecule has 10 heteroatoms. The van der Waals surface area contributed by atoms with Gasteiger partial charge in [-0.1, -0.05) is 15.9 Å². The summed E-state index contributed by atoms with van der Waals surface area (Å²) in [4.78, 5) is 59.9. The second-order valence-electron chi connectivity index (χ2n) is 10.5. The molecule has 2 aromatic rings. The van der Waals surface area contributed by atoms with E-state index in [1.807, 2.05) is 19.2 Å². The van der Waals surface area contributed by atoms with Crippen LogP contribution in [0.2, 0.25) is 0 Å². The second kappa shape index (κ2) is 7.32. The maximum absolute atomic E-state index is 13.7. The summed E-state index contributed by atoms with van der Waals surface area (Å²) in [5.74, 6) is -0.582. The number of rotatable bonds is 4. The first kappa shape index (κ1) is 22.6. The van der Waals surface area contributed by atoms with Gasteiger partial charge in [0.15, 0.2) is 0 Å². The highest BCUT2D eigenvalue weighted by atomic mass is 79.9. The standard InChI is InChI=1S/C25H28BrN5O4/c1-24-18-19-25(24,2)21(33)31(12-5-11-30(20(24)32)22(34)27(18)3)23(35)29(19)10-4-9-28-13-8-15-14-16(26)6-7-17(15)28/h6-8,13-14,18-19H,4-5,9-12H2,1-3H3/t18?,19?,24-,25+/m1/s1. The molecule has 1 aromatic carbocycles. The number of hydrogen-bond acceptors (Lipinski definition) is 4. The predicted molar refractivity (Wildman–Crippen MR) is 131 cm³/mol. The van der Waals surface area contributed by atoms with Gasteiger partial charge in [-0.05, 0) is 51.0 Å². The minimum Gasteiger partial charge on any atom is -0.347 e. The molecule has 3 aliphatic heterocycles. The average molecular weight is 542 g/mol. The first-order valence-electron chi connectivity index (χ1n) is 12.1. The van der Waals surface area contributed by atoms with Gasteiger partial charge in [-0.25, -0.2) is 9.59 Å². The number of amides is 6. The van der Waals surface area contributed by atoms with E-state index in [-0.39, 0.29) is 37.0 Å². The van der Waals surface area contributed by atoms with Gasteiger partial charge in [0.2, 0.25) is 11.8 Å². The lowest BCUT2D eigenvalue weighted by molar-refractivity contribution is -0.226. The summed E-state index contributed by atoms with van der Waals surface area (Å²) >= 11 is 3.51. The van der Waals surface area contributed by atoms with Crippen LogP contribution >= 0.6 is 15.9 Å². The number of benzene rings is 1. The van der Waals surface area contributed by atoms with Crippen molar-refractivity contribution in [2.45, 2.75) is 45.3 Å². The molecule has 1 saturated carbocycles. The quantitative estimate of drug-likeness (QED) is 0.595. The van der Waals surface area contributed by atoms with Crippen molar-refractivity contribution in [3.05, 3.63) is 34.9 Å². The van der Waals surface area contributed by atoms with Crippen molar-refractivity contribution in [3.63, 3.8) is 0 Å². The Morgan fingerprint density at radius 3 is 2.29 bits per heavy atom. The number of likely N-dealkylation sites (N-methyl/N-ethyl adjacent to an activating group) is 1. The lowest BCUT2D eigenvalue weighted by Gasteiger charge is -2.72. The van der Waals surface area contributed by atoms with E-state index in [1.165, 1.54) is 9.80 Å². The number of fused-ring (bicyclic) bond motifs is 4. The van der Waals surface area contributed by atoms with Gasteiger partial charge in [0.05, 0.1) is 22.9 Å². The maximum atomic E-state index is 13.7. The number of nitrogens with zero attached hydrogens (tertiary/aromatic N) is 5. The van der Waals surface area contributed by atoms with Crippen molar-refractivity contribution in [2.24, 2.45) is 10.8 Å². The Kier molecular flexibility index (Phi) is 4.72. The van der Waals surface area contributed by atoms with Crippen LogP contribution in [0.1, 0.15) is 26.7 Å². The molecule has 4 fully saturated rings. The van der Waals surface area contributed by atoms with E-state index >= 15 is 0 Å². The van der Waals surface area contributed by atoms with Gasteiger partial charge in [0.25, 0.3) is 0 Å². The molecule has 2 unspecified atom stereocenters. The molecule has 4 aliphatic rings. The van der Waals surface area contributed by atoms with E-state index in [0.29, 0.717) is 25.9 Å². The number of halogens is 1. The topological polar surface area (TPSA) is 86.2 Å². The summed E-state index contributed by atoms with van der Waals surface area (Å²) < 4.78 is 3.19. The molecule has 9 nitrogen and oxygen atoms in total. The van der Waals surface area contributed by atoms with Crippen LogP contribution in [0.4, 0.5) is 9.59 Å². The van der Waals surface area contributed by atoms with E-state index < -0.39 is 22.9 Å². The first-order valence-corrected chi connectivity index (χ1v) is 12.9. The van der Waals surface area contributed by atoms with Crippen molar-refractivity contribution in [1.29, 1.82) is 0 Å². The molecular weight excluding hydrogens is 514 g/mol. The first-order chi connectivity index (χ1) is 16.6. The van der Waals surface area contributed by atoms with Crippen molar-refractivity contribution in [2.75, 3.05) is 26.7 Å². The second-order valence-corrected chi connectivity index (χ2v) is 11.4. The van der Waals surface area contributed by atoms with Crippen LogP contribution in [0.15, 0.2) is 34.9 Å². The van der Waals surface area contributed by atoms with Gasteiger partial charge in [-0.15, -0.1) is 0 Å². The molecule has 4 bridgehead atoms. The number of urea groups is 2. The van der Waals surface area contributed by atoms with E-state index in [0.717, 1.165) is 15.4 Å². The molecule has 6 rings (SSSR count). The van der Waals surface area contributed by atoms with Gasteiger partial charge in [0.1, 0.15) is 0 Å². The average Bonchev–Trinajstić information content (AvgIpc) is 3.22. The van der Waals surface area contributed by atoms with Gasteiger partial charge < -0.3 is 14.4 Å². The highest BCUT2D eigenvalue weighted by molar-refractivity contribution is 9.10. The summed E-state index contributed by atoms with van der Waals surface area (Å²) in [7, 11) is 1.69. The smallest absolute Gasteiger partial charge is 0.327 e. The normalized spacial score (nSPS) is 32.2. The van der Waals surface area contributed by atoms with E-state index in [4.69, 9.17) is 0 Å². The third-order valence-electron chi connectivity index (χ3n) is 9.00. The fourth-order valence-corrected chi connectivity index (χ4v) is 7.42. The molecule has 1 aliphatic carbocycles. The molecule has 3 saturated heterocycles. The zero-order valence-corrected chi connectivity index (χ0v) is 21.6. The summed E-state index contributed by atoms with van der Waals surface area (Å²) in [5, 5.41) is 1.14. The summed E-state index contributed by atoms with van der Waals surface area (Å²) in [6, 6.07) is 6.50. The van der Waals surface area contributed by atoms with E-state index in [1.54, 1.807) is 23.8 Å². The van der Waals surface area contributed by atoms with Crippen LogP contribution in [-0.2, 0) is 16.1 Å². The molecule has 4 atom stereocenters. The van der Waals surface area contributed by atoms with Gasteiger partial charge in [-0.2, -0.15) is 0 Å². The molecule has 1 aromatic heterocycles. The summed E-state index contributed by atoms with van der Waals surface area (Å²) in [6.45, 7) is 5.16. The summed E-state index contributed by atoms with van der Waals surface area (Å²) in [6.07, 6.45) is 3.10. The van der Waals surface area contributed by atoms with Crippen LogP contribution in [0.25, 0.3) is 10.9 Å². The van der Waals surface area contributed by atoms with E-state index in [2.05, 4.69) is 38.7 Å². The monoisotopic (exact) mass is 541 g/mol. The zero-order chi connectivity index (χ0) is 24.9. The van der Waals surface area contributed by atoms with Crippen LogP contribution in [0, 0.1) is 10.8 Å². The Labute approximate surface area is 211 Å². The van der Waals surface area contributed by atoms with Gasteiger partial charge >= 0.3 is 12.1 Å². The Morgan fingerprint density at radius 1 is 0.914 bits per heavy atom. The Morgan fingerprint density at radius 2 is 1.57 bits per heavy atom. The van der Waals surface area contributed by atoms with Crippen molar-refractivity contribution in [3.8, 4) is 0 Å². The maximum Gasteiger partial charge on any atom is 0.327 e. The highest BCUT2D eigenvalue weighted by Gasteiger charge is 2.82. The minimum atomic E-state index is -1.08. The number of carbonyl (C=O) groups is 4. The molecule has 184 valence electrons. The number of aromatic nitrogens is 1. The number of hydrogen-bond donors (Lipinski definition) is 0. The third kappa shape index (κ3) is 2.63. The molecule has 0 N–H and O–H groups in total. The lowest BCUT2D eigenvalue weighted by Crippen LogP contribution is -2.90. The summed E-state index contributed by atoms with van der Waals surface area (Å²) in [5.41, 5.74) is -1.03. The predicted octanol–water partition coefficient (Wildman–Crippen LogP) is 3.12. The number of aryl methyl sites for hydroxylation is 1. The Hall–Kier alpha value is -2.88. The lowest BCUT2D eigenvalue weighted by atomic mass is 9.41. The Balaban J connectivity index is 1.34. The molecule has 0 spiro atoms. The van der Waals surface area contributed by atoms with Crippen LogP contribution in [0.3, 0.4) is 0 Å². The molecule has 6 amide bonds. The SMILES string of the molecule is CN1C(=O)N2CCCN3C(=O)N(CCCn4ccc5cc(Br)ccc54)C4C1[C@](C)(C2=O)[C@]4(C)C3=O. The Bertz CT molecular complexity index is 1310. The molecule has 4 heterocycles. The van der Waals surface area contributed by atoms with Crippen molar-refractivity contribution in [1.82, 2.24) is 24.2 Å². The minimum absolute atomic E-state index is 0.203. The largest absolute Gasteiger partial charge is 0.347 e. The third-order valence-corrected chi connectivity index (χ3v) is 9.49. The van der Waals surface area contributed by atoms with E-state index in [9.17, 15) is 19.2 Å². The van der Waals surface area contributed by atoms with Crippen LogP contribution in [0.5, 0.6) is 0 Å². The van der Waals surface area contributed by atoms with Crippen molar-refractivity contribution < 1.29 is 19.2 Å². The molecular formula is C25H28BrN5O4. The van der Waals surface area contributed by atoms with Crippen LogP contribution < -0.4 is 0 Å².